The predicted molar refractivity (Wildman–Crippen MR) is 121 cm³/mol. The molecule has 1 heterocycles. The molecule has 0 bridgehead atoms. The number of fused-ring (bicyclic) bond motifs is 1. The summed E-state index contributed by atoms with van der Waals surface area (Å²) in [4.78, 5) is 18.9. The molecule has 9 heteroatoms. The van der Waals surface area contributed by atoms with Gasteiger partial charge in [-0.05, 0) is 41.0 Å². The summed E-state index contributed by atoms with van der Waals surface area (Å²) < 4.78 is 49.7. The highest BCUT2D eigenvalue weighted by molar-refractivity contribution is 5.81. The Balaban J connectivity index is 1.63. The van der Waals surface area contributed by atoms with Gasteiger partial charge in [0.25, 0.3) is 0 Å². The van der Waals surface area contributed by atoms with Gasteiger partial charge < -0.3 is 19.8 Å². The van der Waals surface area contributed by atoms with E-state index in [1.54, 1.807) is 30.3 Å². The van der Waals surface area contributed by atoms with Gasteiger partial charge in [0.15, 0.2) is 11.5 Å². The maximum Gasteiger partial charge on any atom is 0.449 e. The Morgan fingerprint density at radius 3 is 2.38 bits per heavy atom. The first-order chi connectivity index (χ1) is 16.3. The first-order valence-electron chi connectivity index (χ1n) is 10.4. The molecule has 176 valence electrons. The monoisotopic (exact) mass is 469 g/mol. The van der Waals surface area contributed by atoms with Crippen LogP contribution < -0.4 is 14.8 Å². The van der Waals surface area contributed by atoms with Crippen molar-refractivity contribution in [1.29, 1.82) is 0 Å². The van der Waals surface area contributed by atoms with Crippen molar-refractivity contribution in [1.82, 2.24) is 15.3 Å². The molecule has 0 fully saturated rings. The van der Waals surface area contributed by atoms with Gasteiger partial charge in [-0.15, -0.1) is 0 Å². The van der Waals surface area contributed by atoms with Crippen LogP contribution in [0.15, 0.2) is 66.7 Å². The number of methoxy groups -OCH3 is 2. The van der Waals surface area contributed by atoms with Crippen LogP contribution in [0.2, 0.25) is 0 Å². The number of nitrogens with one attached hydrogen (secondary N) is 2. The van der Waals surface area contributed by atoms with Crippen LogP contribution >= 0.6 is 0 Å². The molecule has 1 atom stereocenters. The average molecular weight is 469 g/mol. The molecule has 1 unspecified atom stereocenters. The van der Waals surface area contributed by atoms with Crippen LogP contribution in [0.5, 0.6) is 11.5 Å². The maximum atomic E-state index is 13.1. The fraction of sp³-hybridized carbons (Fsp3) is 0.200. The van der Waals surface area contributed by atoms with Crippen LogP contribution in [-0.4, -0.2) is 30.1 Å². The summed E-state index contributed by atoms with van der Waals surface area (Å²) in [5.74, 6) is -0.257. The predicted octanol–water partition coefficient (Wildman–Crippen LogP) is 5.05. The summed E-state index contributed by atoms with van der Waals surface area (Å²) >= 11 is 0. The van der Waals surface area contributed by atoms with E-state index in [-0.39, 0.29) is 23.4 Å². The summed E-state index contributed by atoms with van der Waals surface area (Å²) in [7, 11) is 3.05. The third kappa shape index (κ3) is 4.98. The van der Waals surface area contributed by atoms with E-state index in [0.29, 0.717) is 17.1 Å². The summed E-state index contributed by atoms with van der Waals surface area (Å²) in [5, 5.41) is 3.00. The number of aromatic nitrogens is 2. The lowest BCUT2D eigenvalue weighted by atomic mass is 9.97. The molecule has 4 aromatic rings. The number of hydrogen-bond donors (Lipinski definition) is 2. The summed E-state index contributed by atoms with van der Waals surface area (Å²) in [6.07, 6.45) is -4.50. The van der Waals surface area contributed by atoms with Crippen molar-refractivity contribution in [3.63, 3.8) is 0 Å². The SMILES string of the molecule is COc1ccc(CC(=O)NC(c2ccccc2)c2ccc3nc(C(F)(F)F)[nH]c3c2)cc1OC. The molecule has 4 rings (SSSR count). The van der Waals surface area contributed by atoms with E-state index < -0.39 is 18.0 Å². The zero-order valence-electron chi connectivity index (χ0n) is 18.4. The second-order valence-electron chi connectivity index (χ2n) is 7.64. The Bertz CT molecular complexity index is 1300. The lowest BCUT2D eigenvalue weighted by Crippen LogP contribution is -2.30. The molecule has 34 heavy (non-hydrogen) atoms. The number of alkyl halides is 3. The van der Waals surface area contributed by atoms with Crippen molar-refractivity contribution >= 4 is 16.9 Å². The molecular weight excluding hydrogens is 447 g/mol. The Hall–Kier alpha value is -4.01. The Labute approximate surface area is 193 Å². The number of carbonyl (C=O) groups is 1. The number of nitrogens with zero attached hydrogens (tertiary/aromatic N) is 1. The smallest absolute Gasteiger partial charge is 0.449 e. The van der Waals surface area contributed by atoms with E-state index in [2.05, 4.69) is 15.3 Å². The zero-order chi connectivity index (χ0) is 24.3. The van der Waals surface area contributed by atoms with Gasteiger partial charge in [-0.1, -0.05) is 42.5 Å². The van der Waals surface area contributed by atoms with Crippen LogP contribution in [0.1, 0.15) is 28.6 Å². The number of H-pyrrole nitrogens is 1. The lowest BCUT2D eigenvalue weighted by Gasteiger charge is -2.20. The molecule has 0 aliphatic rings. The quantitative estimate of drug-likeness (QED) is 0.397. The van der Waals surface area contributed by atoms with Crippen LogP contribution in [-0.2, 0) is 17.4 Å². The van der Waals surface area contributed by atoms with Gasteiger partial charge in [0, 0.05) is 0 Å². The second kappa shape index (κ2) is 9.46. The highest BCUT2D eigenvalue weighted by Crippen LogP contribution is 2.31. The minimum absolute atomic E-state index is 0.0776. The molecule has 0 spiro atoms. The standard InChI is InChI=1S/C25H22F3N3O3/c1-33-20-11-8-15(12-21(20)34-2)13-22(32)31-23(16-6-4-3-5-7-16)17-9-10-18-19(14-17)30-24(29-18)25(26,27)28/h3-12,14,23H,13H2,1-2H3,(H,29,30)(H,31,32). The molecule has 2 N–H and O–H groups in total. The number of hydrogen-bond acceptors (Lipinski definition) is 4. The van der Waals surface area contributed by atoms with Crippen molar-refractivity contribution in [2.75, 3.05) is 14.2 Å². The number of ether oxygens (including phenoxy) is 2. The lowest BCUT2D eigenvalue weighted by molar-refractivity contribution is -0.144. The van der Waals surface area contributed by atoms with Crippen molar-refractivity contribution in [3.05, 3.63) is 89.2 Å². The fourth-order valence-corrected chi connectivity index (χ4v) is 3.73. The van der Waals surface area contributed by atoms with Gasteiger partial charge >= 0.3 is 6.18 Å². The second-order valence-corrected chi connectivity index (χ2v) is 7.64. The number of amides is 1. The van der Waals surface area contributed by atoms with Crippen LogP contribution in [0.3, 0.4) is 0 Å². The molecule has 0 saturated carbocycles. The molecule has 0 aliphatic heterocycles. The normalized spacial score (nSPS) is 12.4. The molecule has 1 aromatic heterocycles. The minimum atomic E-state index is -4.58. The summed E-state index contributed by atoms with van der Waals surface area (Å²) in [6, 6.07) is 18.6. The molecule has 0 aliphatic carbocycles. The third-order valence-corrected chi connectivity index (χ3v) is 5.36. The molecular formula is C25H22F3N3O3. The Kier molecular flexibility index (Phi) is 6.45. The van der Waals surface area contributed by atoms with Crippen molar-refractivity contribution in [2.45, 2.75) is 18.6 Å². The average Bonchev–Trinajstić information content (AvgIpc) is 3.27. The molecule has 3 aromatic carbocycles. The highest BCUT2D eigenvalue weighted by atomic mass is 19.4. The Morgan fingerprint density at radius 1 is 0.971 bits per heavy atom. The summed E-state index contributed by atoms with van der Waals surface area (Å²) in [6.45, 7) is 0. The van der Waals surface area contributed by atoms with Gasteiger partial charge in [0.1, 0.15) is 0 Å². The van der Waals surface area contributed by atoms with Crippen molar-refractivity contribution < 1.29 is 27.4 Å². The first-order valence-corrected chi connectivity index (χ1v) is 10.4. The van der Waals surface area contributed by atoms with E-state index in [4.69, 9.17) is 9.47 Å². The summed E-state index contributed by atoms with van der Waals surface area (Å²) in [5.41, 5.74) is 2.56. The number of rotatable bonds is 7. The zero-order valence-corrected chi connectivity index (χ0v) is 18.4. The molecule has 0 radical (unpaired) electrons. The maximum absolute atomic E-state index is 13.1. The van der Waals surface area contributed by atoms with Crippen LogP contribution in [0.25, 0.3) is 11.0 Å². The van der Waals surface area contributed by atoms with Crippen molar-refractivity contribution in [2.24, 2.45) is 0 Å². The van der Waals surface area contributed by atoms with E-state index in [0.717, 1.165) is 11.1 Å². The number of aromatic amines is 1. The van der Waals surface area contributed by atoms with E-state index in [1.807, 2.05) is 30.3 Å². The number of imidazole rings is 1. The van der Waals surface area contributed by atoms with Gasteiger partial charge in [0.05, 0.1) is 37.7 Å². The van der Waals surface area contributed by atoms with E-state index in [1.165, 1.54) is 20.3 Å². The molecule has 6 nitrogen and oxygen atoms in total. The Morgan fingerprint density at radius 2 is 1.71 bits per heavy atom. The largest absolute Gasteiger partial charge is 0.493 e. The molecule has 0 saturated heterocycles. The number of carbonyl (C=O) groups excluding carboxylic acids is 1. The number of halogens is 3. The van der Waals surface area contributed by atoms with Gasteiger partial charge in [-0.2, -0.15) is 13.2 Å². The first kappa shape index (κ1) is 23.2. The van der Waals surface area contributed by atoms with Gasteiger partial charge in [0.2, 0.25) is 11.7 Å². The number of benzene rings is 3. The third-order valence-electron chi connectivity index (χ3n) is 5.36. The van der Waals surface area contributed by atoms with Crippen molar-refractivity contribution in [3.8, 4) is 11.5 Å². The highest BCUT2D eigenvalue weighted by Gasteiger charge is 2.34. The van der Waals surface area contributed by atoms with E-state index in [9.17, 15) is 18.0 Å². The van der Waals surface area contributed by atoms with Gasteiger partial charge in [-0.3, -0.25) is 4.79 Å². The topological polar surface area (TPSA) is 76.2 Å². The van der Waals surface area contributed by atoms with Gasteiger partial charge in [-0.25, -0.2) is 4.98 Å². The molecule has 1 amide bonds. The fourth-order valence-electron chi connectivity index (χ4n) is 3.73. The minimum Gasteiger partial charge on any atom is -0.493 e. The van der Waals surface area contributed by atoms with E-state index >= 15 is 0 Å². The van der Waals surface area contributed by atoms with Crippen LogP contribution in [0, 0.1) is 0 Å². The van der Waals surface area contributed by atoms with Crippen LogP contribution in [0.4, 0.5) is 13.2 Å².